The molecule has 2 rings (SSSR count). The van der Waals surface area contributed by atoms with Crippen LogP contribution in [-0.2, 0) is 10.0 Å². The van der Waals surface area contributed by atoms with Gasteiger partial charge in [0.25, 0.3) is 5.91 Å². The van der Waals surface area contributed by atoms with Gasteiger partial charge in [-0.1, -0.05) is 29.3 Å². The van der Waals surface area contributed by atoms with Crippen LogP contribution in [0.15, 0.2) is 47.4 Å². The fourth-order valence-corrected chi connectivity index (χ4v) is 4.01. The predicted molar refractivity (Wildman–Crippen MR) is 101 cm³/mol. The van der Waals surface area contributed by atoms with E-state index in [1.165, 1.54) is 35.6 Å². The number of carbonyl (C=O) groups is 1. The smallest absolute Gasteiger partial charge is 0.255 e. The maximum absolute atomic E-state index is 12.6. The molecule has 25 heavy (non-hydrogen) atoms. The average molecular weight is 401 g/mol. The first kappa shape index (κ1) is 19.7. The first-order valence-corrected chi connectivity index (χ1v) is 9.66. The van der Waals surface area contributed by atoms with Gasteiger partial charge in [0, 0.05) is 34.4 Å². The highest BCUT2D eigenvalue weighted by atomic mass is 35.5. The summed E-state index contributed by atoms with van der Waals surface area (Å²) < 4.78 is 26.4. The molecule has 0 aromatic heterocycles. The van der Waals surface area contributed by atoms with Crippen LogP contribution in [0.1, 0.15) is 24.2 Å². The standard InChI is InChI=1S/C17H18Cl2N2O3S/c1-11(2)21(3)25(23,24)16-6-4-5-12(7-16)17(22)20-15-9-13(18)8-14(19)10-15/h4-11H,1-3H3,(H,20,22). The minimum absolute atomic E-state index is 0.0560. The van der Waals surface area contributed by atoms with Gasteiger partial charge in [-0.25, -0.2) is 8.42 Å². The van der Waals surface area contributed by atoms with E-state index in [0.717, 1.165) is 0 Å². The van der Waals surface area contributed by atoms with Gasteiger partial charge < -0.3 is 5.32 Å². The third kappa shape index (κ3) is 4.73. The number of nitrogens with zero attached hydrogens (tertiary/aromatic N) is 1. The van der Waals surface area contributed by atoms with E-state index < -0.39 is 15.9 Å². The lowest BCUT2D eigenvalue weighted by atomic mass is 10.2. The van der Waals surface area contributed by atoms with Crippen LogP contribution in [0.4, 0.5) is 5.69 Å². The quantitative estimate of drug-likeness (QED) is 0.814. The Bertz CT molecular complexity index is 878. The molecule has 0 atom stereocenters. The summed E-state index contributed by atoms with van der Waals surface area (Å²) in [6.07, 6.45) is 0. The maximum atomic E-state index is 12.6. The molecule has 0 saturated carbocycles. The number of halogens is 2. The highest BCUT2D eigenvalue weighted by molar-refractivity contribution is 7.89. The third-order valence-corrected chi connectivity index (χ3v) is 6.09. The van der Waals surface area contributed by atoms with Crippen molar-refractivity contribution < 1.29 is 13.2 Å². The minimum atomic E-state index is -3.67. The van der Waals surface area contributed by atoms with Crippen LogP contribution in [0.5, 0.6) is 0 Å². The molecule has 0 spiro atoms. The third-order valence-electron chi connectivity index (χ3n) is 3.62. The van der Waals surface area contributed by atoms with Gasteiger partial charge >= 0.3 is 0 Å². The molecule has 0 radical (unpaired) electrons. The van der Waals surface area contributed by atoms with Crippen LogP contribution in [0.25, 0.3) is 0 Å². The highest BCUT2D eigenvalue weighted by Crippen LogP contribution is 2.23. The van der Waals surface area contributed by atoms with E-state index in [4.69, 9.17) is 23.2 Å². The van der Waals surface area contributed by atoms with Gasteiger partial charge in [-0.15, -0.1) is 0 Å². The summed E-state index contributed by atoms with van der Waals surface area (Å²) in [6.45, 7) is 3.55. The normalized spacial score (nSPS) is 11.8. The molecule has 0 aliphatic carbocycles. The monoisotopic (exact) mass is 400 g/mol. The van der Waals surface area contributed by atoms with Crippen molar-refractivity contribution in [1.29, 1.82) is 0 Å². The molecule has 0 aliphatic heterocycles. The van der Waals surface area contributed by atoms with Crippen molar-refractivity contribution in [3.8, 4) is 0 Å². The topological polar surface area (TPSA) is 66.5 Å². The van der Waals surface area contributed by atoms with Crippen molar-refractivity contribution in [3.63, 3.8) is 0 Å². The summed E-state index contributed by atoms with van der Waals surface area (Å²) in [7, 11) is -2.17. The number of anilines is 1. The number of hydrogen-bond acceptors (Lipinski definition) is 3. The molecule has 2 aromatic carbocycles. The Morgan fingerprint density at radius 1 is 1.08 bits per heavy atom. The van der Waals surface area contributed by atoms with E-state index in [1.54, 1.807) is 32.0 Å². The molecule has 134 valence electrons. The van der Waals surface area contributed by atoms with Gasteiger partial charge in [-0.3, -0.25) is 4.79 Å². The molecule has 0 heterocycles. The summed E-state index contributed by atoms with van der Waals surface area (Å²) >= 11 is 11.8. The first-order chi connectivity index (χ1) is 11.6. The fraction of sp³-hybridized carbons (Fsp3) is 0.235. The molecule has 0 fully saturated rings. The number of benzene rings is 2. The summed E-state index contributed by atoms with van der Waals surface area (Å²) in [5, 5.41) is 3.43. The van der Waals surface area contributed by atoms with Gasteiger partial charge in [0.15, 0.2) is 0 Å². The molecule has 2 aromatic rings. The molecular weight excluding hydrogens is 383 g/mol. The average Bonchev–Trinajstić information content (AvgIpc) is 2.53. The lowest BCUT2D eigenvalue weighted by Gasteiger charge is -2.21. The van der Waals surface area contributed by atoms with Crippen LogP contribution < -0.4 is 5.32 Å². The summed E-state index contributed by atoms with van der Waals surface area (Å²) in [5.41, 5.74) is 0.643. The molecule has 0 bridgehead atoms. The highest BCUT2D eigenvalue weighted by Gasteiger charge is 2.24. The van der Waals surface area contributed by atoms with Crippen LogP contribution in [-0.4, -0.2) is 31.7 Å². The summed E-state index contributed by atoms with van der Waals surface area (Å²) in [6, 6.07) is 10.3. The van der Waals surface area contributed by atoms with Crippen molar-refractivity contribution in [2.24, 2.45) is 0 Å². The Labute approximate surface area is 157 Å². The Morgan fingerprint density at radius 2 is 1.68 bits per heavy atom. The second-order valence-corrected chi connectivity index (χ2v) is 8.63. The Hall–Kier alpha value is -1.60. The lowest BCUT2D eigenvalue weighted by molar-refractivity contribution is 0.102. The van der Waals surface area contributed by atoms with Crippen LogP contribution in [0, 0.1) is 0 Å². The van der Waals surface area contributed by atoms with Gasteiger partial charge in [0.2, 0.25) is 10.0 Å². The second kappa shape index (κ2) is 7.74. The molecule has 0 aliphatic rings. The Morgan fingerprint density at radius 3 is 2.24 bits per heavy atom. The Kier molecular flexibility index (Phi) is 6.11. The zero-order valence-corrected chi connectivity index (χ0v) is 16.3. The van der Waals surface area contributed by atoms with Crippen molar-refractivity contribution in [1.82, 2.24) is 4.31 Å². The molecule has 5 nitrogen and oxygen atoms in total. The number of sulfonamides is 1. The SMILES string of the molecule is CC(C)N(C)S(=O)(=O)c1cccc(C(=O)Nc2cc(Cl)cc(Cl)c2)c1. The molecule has 8 heteroatoms. The van der Waals surface area contributed by atoms with E-state index in [2.05, 4.69) is 5.32 Å². The number of rotatable bonds is 5. The van der Waals surface area contributed by atoms with Crippen LogP contribution >= 0.6 is 23.2 Å². The fourth-order valence-electron chi connectivity index (χ4n) is 2.07. The predicted octanol–water partition coefficient (Wildman–Crippen LogP) is 4.27. The number of carbonyl (C=O) groups excluding carboxylic acids is 1. The molecule has 0 saturated heterocycles. The van der Waals surface area contributed by atoms with Crippen molar-refractivity contribution >= 4 is 44.8 Å². The maximum Gasteiger partial charge on any atom is 0.255 e. The molecule has 1 amide bonds. The largest absolute Gasteiger partial charge is 0.322 e. The van der Waals surface area contributed by atoms with E-state index in [9.17, 15) is 13.2 Å². The van der Waals surface area contributed by atoms with Crippen molar-refractivity contribution in [3.05, 3.63) is 58.1 Å². The first-order valence-electron chi connectivity index (χ1n) is 7.47. The van der Waals surface area contributed by atoms with Crippen molar-refractivity contribution in [2.45, 2.75) is 24.8 Å². The van der Waals surface area contributed by atoms with Crippen molar-refractivity contribution in [2.75, 3.05) is 12.4 Å². The van der Waals surface area contributed by atoms with Gasteiger partial charge in [-0.05, 0) is 50.2 Å². The van der Waals surface area contributed by atoms with E-state index >= 15 is 0 Å². The van der Waals surface area contributed by atoms with Gasteiger partial charge in [0.05, 0.1) is 4.90 Å². The van der Waals surface area contributed by atoms with E-state index in [-0.39, 0.29) is 16.5 Å². The molecule has 0 unspecified atom stereocenters. The minimum Gasteiger partial charge on any atom is -0.322 e. The van der Waals surface area contributed by atoms with Crippen LogP contribution in [0.2, 0.25) is 10.0 Å². The molecule has 1 N–H and O–H groups in total. The van der Waals surface area contributed by atoms with Gasteiger partial charge in [-0.2, -0.15) is 4.31 Å². The summed E-state index contributed by atoms with van der Waals surface area (Å²) in [4.78, 5) is 12.5. The van der Waals surface area contributed by atoms with Crippen LogP contribution in [0.3, 0.4) is 0 Å². The second-order valence-electron chi connectivity index (χ2n) is 5.76. The zero-order chi connectivity index (χ0) is 18.8. The van der Waals surface area contributed by atoms with Gasteiger partial charge in [0.1, 0.15) is 0 Å². The number of nitrogens with one attached hydrogen (secondary N) is 1. The number of amides is 1. The molecular formula is C17H18Cl2N2O3S. The number of hydrogen-bond donors (Lipinski definition) is 1. The van der Waals surface area contributed by atoms with E-state index in [0.29, 0.717) is 15.7 Å². The van der Waals surface area contributed by atoms with E-state index in [1.807, 2.05) is 0 Å². The summed E-state index contributed by atoms with van der Waals surface area (Å²) in [5.74, 6) is -0.456. The zero-order valence-electron chi connectivity index (χ0n) is 14.0. The lowest BCUT2D eigenvalue weighted by Crippen LogP contribution is -2.33. The Balaban J connectivity index is 2.30.